The Labute approximate surface area is 64.0 Å². The van der Waals surface area contributed by atoms with Gasteiger partial charge in [0.05, 0.1) is 0 Å². The third-order valence-electron chi connectivity index (χ3n) is 1.85. The molecule has 2 nitrogen and oxygen atoms in total. The average Bonchev–Trinajstić information content (AvgIpc) is 1.98. The van der Waals surface area contributed by atoms with Crippen molar-refractivity contribution in [3.63, 3.8) is 0 Å². The summed E-state index contributed by atoms with van der Waals surface area (Å²) in [6, 6.07) is 0. The van der Waals surface area contributed by atoms with Gasteiger partial charge in [0.15, 0.2) is 0 Å². The van der Waals surface area contributed by atoms with Crippen molar-refractivity contribution in [2.75, 3.05) is 13.1 Å². The van der Waals surface area contributed by atoms with Gasteiger partial charge in [-0.05, 0) is 38.3 Å². The molecule has 0 bridgehead atoms. The first-order valence-electron chi connectivity index (χ1n) is 4.25. The molecule has 0 aliphatic heterocycles. The summed E-state index contributed by atoms with van der Waals surface area (Å²) in [7, 11) is 0. The lowest BCUT2D eigenvalue weighted by Crippen LogP contribution is -2.15. The van der Waals surface area contributed by atoms with Crippen LogP contribution in [0.3, 0.4) is 0 Å². The highest BCUT2D eigenvalue weighted by Gasteiger charge is 2.02. The van der Waals surface area contributed by atoms with E-state index < -0.39 is 0 Å². The zero-order valence-corrected chi connectivity index (χ0v) is 6.97. The first kappa shape index (κ1) is 9.92. The summed E-state index contributed by atoms with van der Waals surface area (Å²) in [6.45, 7) is 3.83. The molecule has 0 saturated heterocycles. The van der Waals surface area contributed by atoms with E-state index in [-0.39, 0.29) is 0 Å². The average molecular weight is 144 g/mol. The van der Waals surface area contributed by atoms with E-state index in [1.165, 1.54) is 19.3 Å². The van der Waals surface area contributed by atoms with Crippen LogP contribution in [0, 0.1) is 5.92 Å². The Morgan fingerprint density at radius 3 is 2.30 bits per heavy atom. The minimum Gasteiger partial charge on any atom is -0.330 e. The molecule has 0 radical (unpaired) electrons. The van der Waals surface area contributed by atoms with Gasteiger partial charge in [0, 0.05) is 0 Å². The molecule has 0 aliphatic rings. The van der Waals surface area contributed by atoms with Crippen molar-refractivity contribution < 1.29 is 0 Å². The molecule has 0 heterocycles. The fourth-order valence-electron chi connectivity index (χ4n) is 1.19. The summed E-state index contributed by atoms with van der Waals surface area (Å²) >= 11 is 0. The van der Waals surface area contributed by atoms with Crippen LogP contribution in [-0.4, -0.2) is 13.1 Å². The zero-order chi connectivity index (χ0) is 7.82. The minimum atomic E-state index is 0.716. The van der Waals surface area contributed by atoms with Crippen LogP contribution in [0.15, 0.2) is 0 Å². The van der Waals surface area contributed by atoms with Gasteiger partial charge in [0.1, 0.15) is 0 Å². The van der Waals surface area contributed by atoms with Crippen molar-refractivity contribution in [1.29, 1.82) is 0 Å². The van der Waals surface area contributed by atoms with E-state index in [2.05, 4.69) is 6.92 Å². The Morgan fingerprint density at radius 2 is 1.90 bits per heavy atom. The van der Waals surface area contributed by atoms with E-state index in [1.807, 2.05) is 0 Å². The van der Waals surface area contributed by atoms with Crippen molar-refractivity contribution in [3.8, 4) is 0 Å². The second-order valence-electron chi connectivity index (χ2n) is 2.82. The second-order valence-corrected chi connectivity index (χ2v) is 2.82. The lowest BCUT2D eigenvalue weighted by molar-refractivity contribution is 0.444. The highest BCUT2D eigenvalue weighted by Crippen LogP contribution is 2.10. The first-order chi connectivity index (χ1) is 4.85. The van der Waals surface area contributed by atoms with E-state index in [0.717, 1.165) is 19.5 Å². The lowest BCUT2D eigenvalue weighted by atomic mass is 9.98. The van der Waals surface area contributed by atoms with Gasteiger partial charge in [-0.25, -0.2) is 0 Å². The van der Waals surface area contributed by atoms with Gasteiger partial charge in [-0.2, -0.15) is 0 Å². The van der Waals surface area contributed by atoms with Gasteiger partial charge in [-0.15, -0.1) is 0 Å². The van der Waals surface area contributed by atoms with Gasteiger partial charge in [-0.1, -0.05) is 13.3 Å². The first-order valence-corrected chi connectivity index (χ1v) is 4.25. The summed E-state index contributed by atoms with van der Waals surface area (Å²) in [5.74, 6) is 0.716. The Hall–Kier alpha value is -0.0800. The fourth-order valence-corrected chi connectivity index (χ4v) is 1.19. The zero-order valence-electron chi connectivity index (χ0n) is 6.97. The summed E-state index contributed by atoms with van der Waals surface area (Å²) in [5.41, 5.74) is 10.9. The monoisotopic (exact) mass is 144 g/mol. The molecule has 0 aromatic rings. The molecule has 0 aliphatic carbocycles. The molecule has 4 N–H and O–H groups in total. The highest BCUT2D eigenvalue weighted by molar-refractivity contribution is 4.59. The third-order valence-corrected chi connectivity index (χ3v) is 1.85. The van der Waals surface area contributed by atoms with Crippen LogP contribution in [-0.2, 0) is 0 Å². The SMILES string of the molecule is CCCC(CN)CCCN. The van der Waals surface area contributed by atoms with Crippen molar-refractivity contribution in [1.82, 2.24) is 0 Å². The van der Waals surface area contributed by atoms with E-state index in [4.69, 9.17) is 11.5 Å². The van der Waals surface area contributed by atoms with Gasteiger partial charge in [0.25, 0.3) is 0 Å². The summed E-state index contributed by atoms with van der Waals surface area (Å²) in [4.78, 5) is 0. The maximum absolute atomic E-state index is 5.56. The molecule has 0 rings (SSSR count). The topological polar surface area (TPSA) is 52.0 Å². The summed E-state index contributed by atoms with van der Waals surface area (Å²) in [6.07, 6.45) is 4.84. The molecule has 1 unspecified atom stereocenters. The molecule has 0 aromatic carbocycles. The molecule has 0 aromatic heterocycles. The molecule has 1 atom stereocenters. The lowest BCUT2D eigenvalue weighted by Gasteiger charge is -2.11. The molecule has 0 fully saturated rings. The Bertz CT molecular complexity index is 64.3. The molecule has 2 heteroatoms. The number of rotatable bonds is 6. The Morgan fingerprint density at radius 1 is 1.20 bits per heavy atom. The predicted molar refractivity (Wildman–Crippen MR) is 45.7 cm³/mol. The van der Waals surface area contributed by atoms with Gasteiger partial charge in [-0.3, -0.25) is 0 Å². The molecule has 62 valence electrons. The van der Waals surface area contributed by atoms with E-state index in [1.54, 1.807) is 0 Å². The summed E-state index contributed by atoms with van der Waals surface area (Å²) < 4.78 is 0. The van der Waals surface area contributed by atoms with Crippen LogP contribution in [0.25, 0.3) is 0 Å². The van der Waals surface area contributed by atoms with Crippen molar-refractivity contribution in [2.45, 2.75) is 32.6 Å². The fraction of sp³-hybridized carbons (Fsp3) is 1.00. The standard InChI is InChI=1S/C8H20N2/c1-2-4-8(7-10)5-3-6-9/h8H,2-7,9-10H2,1H3. The van der Waals surface area contributed by atoms with Gasteiger partial charge >= 0.3 is 0 Å². The van der Waals surface area contributed by atoms with Crippen LogP contribution in [0.1, 0.15) is 32.6 Å². The van der Waals surface area contributed by atoms with Crippen LogP contribution >= 0.6 is 0 Å². The van der Waals surface area contributed by atoms with Crippen molar-refractivity contribution in [3.05, 3.63) is 0 Å². The molecule has 0 saturated carbocycles. The second kappa shape index (κ2) is 7.03. The number of hydrogen-bond acceptors (Lipinski definition) is 2. The van der Waals surface area contributed by atoms with E-state index in [9.17, 15) is 0 Å². The molecule has 0 amide bonds. The number of hydrogen-bond donors (Lipinski definition) is 2. The normalized spacial score (nSPS) is 13.5. The van der Waals surface area contributed by atoms with Crippen LogP contribution in [0.4, 0.5) is 0 Å². The van der Waals surface area contributed by atoms with E-state index in [0.29, 0.717) is 5.92 Å². The molecule has 0 spiro atoms. The van der Waals surface area contributed by atoms with Crippen molar-refractivity contribution in [2.24, 2.45) is 17.4 Å². The highest BCUT2D eigenvalue weighted by atomic mass is 14.6. The Balaban J connectivity index is 3.21. The van der Waals surface area contributed by atoms with Gasteiger partial charge < -0.3 is 11.5 Å². The largest absolute Gasteiger partial charge is 0.330 e. The smallest absolute Gasteiger partial charge is 0.00489 e. The number of nitrogens with two attached hydrogens (primary N) is 2. The molecular formula is C8H20N2. The maximum Gasteiger partial charge on any atom is -0.00489 e. The van der Waals surface area contributed by atoms with Gasteiger partial charge in [0.2, 0.25) is 0 Å². The Kier molecular flexibility index (Phi) is 6.98. The predicted octanol–water partition coefficient (Wildman–Crippen LogP) is 1.10. The van der Waals surface area contributed by atoms with Crippen molar-refractivity contribution >= 4 is 0 Å². The maximum atomic E-state index is 5.56. The van der Waals surface area contributed by atoms with Crippen LogP contribution < -0.4 is 11.5 Å². The molecular weight excluding hydrogens is 124 g/mol. The summed E-state index contributed by atoms with van der Waals surface area (Å²) in [5, 5.41) is 0. The quantitative estimate of drug-likeness (QED) is 0.586. The minimum absolute atomic E-state index is 0.716. The van der Waals surface area contributed by atoms with E-state index >= 15 is 0 Å². The third kappa shape index (κ3) is 4.77. The molecule has 10 heavy (non-hydrogen) atoms. The van der Waals surface area contributed by atoms with Crippen LogP contribution in [0.5, 0.6) is 0 Å². The van der Waals surface area contributed by atoms with Crippen LogP contribution in [0.2, 0.25) is 0 Å².